The van der Waals surface area contributed by atoms with Crippen molar-refractivity contribution in [2.45, 2.75) is 13.1 Å². The maximum Gasteiger partial charge on any atom is 0.270 e. The second-order valence-corrected chi connectivity index (χ2v) is 9.40. The van der Waals surface area contributed by atoms with Gasteiger partial charge in [-0.2, -0.15) is 0 Å². The normalized spacial score (nSPS) is 10.8. The first kappa shape index (κ1) is 26.4. The molecule has 0 aliphatic rings. The lowest BCUT2D eigenvalue weighted by Crippen LogP contribution is -1.98. The minimum absolute atomic E-state index is 0.115. The van der Waals surface area contributed by atoms with Gasteiger partial charge < -0.3 is 24.3 Å². The van der Waals surface area contributed by atoms with E-state index in [0.717, 1.165) is 40.2 Å². The topological polar surface area (TPSA) is 97.5 Å². The van der Waals surface area contributed by atoms with Gasteiger partial charge in [0, 0.05) is 65.1 Å². The van der Waals surface area contributed by atoms with E-state index in [1.54, 1.807) is 26.4 Å². The molecule has 4 aromatic carbocycles. The number of nitrogen functional groups attached to an aromatic ring is 1. The van der Waals surface area contributed by atoms with Crippen LogP contribution in [-0.4, -0.2) is 28.3 Å². The first-order chi connectivity index (χ1) is 19.4. The van der Waals surface area contributed by atoms with Gasteiger partial charge in [-0.1, -0.05) is 24.3 Å². The molecule has 202 valence electrons. The molecule has 0 radical (unpaired) electrons. The molecule has 0 aliphatic heterocycles. The third-order valence-electron chi connectivity index (χ3n) is 6.78. The summed E-state index contributed by atoms with van der Waals surface area (Å²) in [6, 6.07) is 30.9. The number of aromatic nitrogens is 2. The van der Waals surface area contributed by atoms with Crippen LogP contribution in [0.2, 0.25) is 0 Å². The molecular formula is C32H30N4O4. The molecule has 40 heavy (non-hydrogen) atoms. The Hall–Kier alpha value is -5.24. The summed E-state index contributed by atoms with van der Waals surface area (Å²) in [5.41, 5.74) is 11.3. The van der Waals surface area contributed by atoms with Crippen LogP contribution in [0.25, 0.3) is 21.8 Å². The Morgan fingerprint density at radius 2 is 1.15 bits per heavy atom. The number of methoxy groups -OCH3 is 2. The molecule has 2 N–H and O–H groups in total. The van der Waals surface area contributed by atoms with Crippen molar-refractivity contribution in [1.29, 1.82) is 0 Å². The molecule has 6 aromatic rings. The van der Waals surface area contributed by atoms with E-state index in [9.17, 15) is 10.1 Å². The Morgan fingerprint density at radius 3 is 1.62 bits per heavy atom. The molecule has 0 atom stereocenters. The van der Waals surface area contributed by atoms with E-state index in [2.05, 4.69) is 39.6 Å². The Balaban J connectivity index is 0.000000162. The molecule has 0 aliphatic carbocycles. The van der Waals surface area contributed by atoms with Crippen molar-refractivity contribution in [3.05, 3.63) is 131 Å². The van der Waals surface area contributed by atoms with Crippen LogP contribution in [0.5, 0.6) is 11.5 Å². The first-order valence-electron chi connectivity index (χ1n) is 12.8. The number of nitrogens with zero attached hydrogens (tertiary/aromatic N) is 3. The summed E-state index contributed by atoms with van der Waals surface area (Å²) in [6.07, 6.45) is 4.03. The molecule has 0 fully saturated rings. The Morgan fingerprint density at radius 1 is 0.675 bits per heavy atom. The third kappa shape index (κ3) is 5.91. The smallest absolute Gasteiger partial charge is 0.270 e. The van der Waals surface area contributed by atoms with E-state index in [4.69, 9.17) is 15.2 Å². The predicted molar refractivity (Wildman–Crippen MR) is 159 cm³/mol. The molecule has 6 rings (SSSR count). The summed E-state index contributed by atoms with van der Waals surface area (Å²) in [4.78, 5) is 10.4. The molecule has 0 unspecified atom stereocenters. The zero-order valence-corrected chi connectivity index (χ0v) is 22.4. The second kappa shape index (κ2) is 11.7. The number of ether oxygens (including phenoxy) is 2. The Kier molecular flexibility index (Phi) is 7.68. The summed E-state index contributed by atoms with van der Waals surface area (Å²) in [6.45, 7) is 1.56. The molecule has 8 nitrogen and oxygen atoms in total. The average Bonchev–Trinajstić information content (AvgIpc) is 3.57. The van der Waals surface area contributed by atoms with E-state index in [1.165, 1.54) is 22.5 Å². The van der Waals surface area contributed by atoms with Crippen LogP contribution in [0.1, 0.15) is 11.1 Å². The number of hydrogen-bond acceptors (Lipinski definition) is 5. The maximum atomic E-state index is 10.8. The molecule has 0 bridgehead atoms. The number of nitro benzene ring substituents is 1. The van der Waals surface area contributed by atoms with Crippen LogP contribution in [0, 0.1) is 10.1 Å². The van der Waals surface area contributed by atoms with E-state index in [1.807, 2.05) is 60.8 Å². The van der Waals surface area contributed by atoms with Gasteiger partial charge >= 0.3 is 0 Å². The van der Waals surface area contributed by atoms with Gasteiger partial charge in [0.1, 0.15) is 11.5 Å². The highest BCUT2D eigenvalue weighted by atomic mass is 16.6. The van der Waals surface area contributed by atoms with Crippen molar-refractivity contribution < 1.29 is 14.4 Å². The number of non-ortho nitro benzene ring substituents is 1. The van der Waals surface area contributed by atoms with Crippen molar-refractivity contribution in [1.82, 2.24) is 9.13 Å². The summed E-state index contributed by atoms with van der Waals surface area (Å²) in [7, 11) is 3.32. The van der Waals surface area contributed by atoms with Gasteiger partial charge in [0.2, 0.25) is 0 Å². The average molecular weight is 535 g/mol. The molecule has 0 saturated heterocycles. The van der Waals surface area contributed by atoms with Crippen LogP contribution in [-0.2, 0) is 13.1 Å². The molecule has 0 spiro atoms. The number of nitrogens with two attached hydrogens (primary N) is 1. The fourth-order valence-electron chi connectivity index (χ4n) is 4.65. The predicted octanol–water partition coefficient (Wildman–Crippen LogP) is 6.89. The highest BCUT2D eigenvalue weighted by molar-refractivity contribution is 5.83. The molecule has 0 amide bonds. The Bertz CT molecular complexity index is 1750. The number of anilines is 1. The number of fused-ring (bicyclic) bond motifs is 2. The van der Waals surface area contributed by atoms with Crippen molar-refractivity contribution in [3.8, 4) is 11.5 Å². The summed E-state index contributed by atoms with van der Waals surface area (Å²) < 4.78 is 14.6. The molecular weight excluding hydrogens is 504 g/mol. The first-order valence-corrected chi connectivity index (χ1v) is 12.8. The minimum Gasteiger partial charge on any atom is -0.497 e. The SMILES string of the molecule is COc1ccc(Cn2ccc3cc(N)ccc32)cc1.COc1ccc(Cn2ccc3cc([N+](=O)[O-])ccc32)cc1. The number of benzene rings is 4. The van der Waals surface area contributed by atoms with Gasteiger partial charge in [-0.05, 0) is 71.8 Å². The van der Waals surface area contributed by atoms with E-state index < -0.39 is 0 Å². The van der Waals surface area contributed by atoms with Crippen molar-refractivity contribution >= 4 is 33.2 Å². The van der Waals surface area contributed by atoms with Gasteiger partial charge in [0.15, 0.2) is 0 Å². The highest BCUT2D eigenvalue weighted by Crippen LogP contribution is 2.24. The zero-order chi connectivity index (χ0) is 28.1. The van der Waals surface area contributed by atoms with Gasteiger partial charge in [-0.3, -0.25) is 10.1 Å². The zero-order valence-electron chi connectivity index (χ0n) is 22.4. The number of rotatable bonds is 7. The fraction of sp³-hybridized carbons (Fsp3) is 0.125. The quantitative estimate of drug-likeness (QED) is 0.137. The van der Waals surface area contributed by atoms with Crippen molar-refractivity contribution in [2.24, 2.45) is 0 Å². The molecule has 2 aromatic heterocycles. The summed E-state index contributed by atoms with van der Waals surface area (Å²) >= 11 is 0. The van der Waals surface area contributed by atoms with E-state index in [-0.39, 0.29) is 10.6 Å². The van der Waals surface area contributed by atoms with Gasteiger partial charge in [0.25, 0.3) is 5.69 Å². The van der Waals surface area contributed by atoms with Crippen molar-refractivity contribution in [3.63, 3.8) is 0 Å². The minimum atomic E-state index is -0.375. The lowest BCUT2D eigenvalue weighted by molar-refractivity contribution is -0.384. The van der Waals surface area contributed by atoms with E-state index >= 15 is 0 Å². The summed E-state index contributed by atoms with van der Waals surface area (Å²) in [5.74, 6) is 1.71. The largest absolute Gasteiger partial charge is 0.497 e. The van der Waals surface area contributed by atoms with E-state index in [0.29, 0.717) is 6.54 Å². The van der Waals surface area contributed by atoms with Crippen LogP contribution in [0.15, 0.2) is 109 Å². The monoisotopic (exact) mass is 534 g/mol. The third-order valence-corrected chi connectivity index (χ3v) is 6.78. The number of nitro groups is 1. The van der Waals surface area contributed by atoms with Crippen LogP contribution in [0.4, 0.5) is 11.4 Å². The highest BCUT2D eigenvalue weighted by Gasteiger charge is 2.09. The second-order valence-electron chi connectivity index (χ2n) is 9.40. The summed E-state index contributed by atoms with van der Waals surface area (Å²) in [5, 5.41) is 12.8. The maximum absolute atomic E-state index is 10.8. The van der Waals surface area contributed by atoms with Gasteiger partial charge in [-0.25, -0.2) is 0 Å². The van der Waals surface area contributed by atoms with Crippen LogP contribution >= 0.6 is 0 Å². The van der Waals surface area contributed by atoms with Gasteiger partial charge in [0.05, 0.1) is 19.1 Å². The standard InChI is InChI=1S/C16H14N2O3.C16H16N2O/c1-21-15-5-2-12(3-6-15)11-17-9-8-13-10-14(18(19)20)4-7-16(13)17;1-19-15-5-2-12(3-6-15)11-18-9-8-13-10-14(17)4-7-16(13)18/h2-10H,11H2,1H3;2-10H,11,17H2,1H3. The lowest BCUT2D eigenvalue weighted by Gasteiger charge is -2.07. The van der Waals surface area contributed by atoms with Gasteiger partial charge in [-0.15, -0.1) is 0 Å². The fourth-order valence-corrected chi connectivity index (χ4v) is 4.65. The van der Waals surface area contributed by atoms with Crippen LogP contribution in [0.3, 0.4) is 0 Å². The molecule has 8 heteroatoms. The van der Waals surface area contributed by atoms with Crippen molar-refractivity contribution in [2.75, 3.05) is 20.0 Å². The number of hydrogen-bond donors (Lipinski definition) is 1. The molecule has 0 saturated carbocycles. The lowest BCUT2D eigenvalue weighted by atomic mass is 10.2. The Labute approximate surface area is 231 Å². The van der Waals surface area contributed by atoms with Crippen LogP contribution < -0.4 is 15.2 Å². The molecule has 2 heterocycles.